The van der Waals surface area contributed by atoms with E-state index in [1.807, 2.05) is 0 Å². The Bertz CT molecular complexity index is 315. The van der Waals surface area contributed by atoms with Gasteiger partial charge >= 0.3 is 0 Å². The van der Waals surface area contributed by atoms with Gasteiger partial charge < -0.3 is 16.4 Å². The largest absolute Gasteiger partial charge is 0.354 e. The van der Waals surface area contributed by atoms with Crippen molar-refractivity contribution >= 4 is 11.8 Å². The SMILES string of the molecule is NCC1CCC(CC(=O)NC2CCC(=O)NC2)CC1. The minimum absolute atomic E-state index is 0.0885. The van der Waals surface area contributed by atoms with Gasteiger partial charge in [0.05, 0.1) is 0 Å². The Labute approximate surface area is 114 Å². The molecule has 0 spiro atoms. The number of carbonyl (C=O) groups excluding carboxylic acids is 2. The lowest BCUT2D eigenvalue weighted by Crippen LogP contribution is -2.48. The molecule has 1 aliphatic carbocycles. The van der Waals surface area contributed by atoms with Crippen molar-refractivity contribution in [3.05, 3.63) is 0 Å². The Morgan fingerprint density at radius 1 is 1.21 bits per heavy atom. The lowest BCUT2D eigenvalue weighted by atomic mass is 9.80. The fourth-order valence-electron chi connectivity index (χ4n) is 3.08. The summed E-state index contributed by atoms with van der Waals surface area (Å²) in [5.41, 5.74) is 5.67. The van der Waals surface area contributed by atoms with Crippen LogP contribution < -0.4 is 16.4 Å². The molecule has 1 atom stereocenters. The average molecular weight is 267 g/mol. The molecule has 2 rings (SSSR count). The molecule has 0 aromatic rings. The van der Waals surface area contributed by atoms with Crippen molar-refractivity contribution in [3.8, 4) is 0 Å². The molecular weight excluding hydrogens is 242 g/mol. The maximum atomic E-state index is 12.0. The maximum Gasteiger partial charge on any atom is 0.220 e. The number of hydrogen-bond acceptors (Lipinski definition) is 3. The minimum Gasteiger partial charge on any atom is -0.354 e. The van der Waals surface area contributed by atoms with Crippen LogP contribution in [0.25, 0.3) is 0 Å². The molecule has 0 aromatic carbocycles. The molecule has 2 amide bonds. The third kappa shape index (κ3) is 4.49. The lowest BCUT2D eigenvalue weighted by molar-refractivity contribution is -0.126. The minimum atomic E-state index is 0.0885. The molecule has 108 valence electrons. The molecule has 1 saturated carbocycles. The first-order valence-electron chi connectivity index (χ1n) is 7.43. The highest BCUT2D eigenvalue weighted by Crippen LogP contribution is 2.30. The van der Waals surface area contributed by atoms with Crippen molar-refractivity contribution in [2.24, 2.45) is 17.6 Å². The second kappa shape index (κ2) is 6.89. The van der Waals surface area contributed by atoms with Crippen LogP contribution in [0.2, 0.25) is 0 Å². The second-order valence-corrected chi connectivity index (χ2v) is 5.93. The Morgan fingerprint density at radius 3 is 2.47 bits per heavy atom. The van der Waals surface area contributed by atoms with E-state index in [1.54, 1.807) is 0 Å². The van der Waals surface area contributed by atoms with Gasteiger partial charge in [0.1, 0.15) is 0 Å². The van der Waals surface area contributed by atoms with Crippen LogP contribution >= 0.6 is 0 Å². The molecule has 4 N–H and O–H groups in total. The standard InChI is InChI=1S/C14H25N3O2/c15-8-11-3-1-10(2-4-11)7-14(19)17-12-5-6-13(18)16-9-12/h10-12H,1-9,15H2,(H,16,18)(H,17,19). The van der Waals surface area contributed by atoms with Gasteiger partial charge in [-0.05, 0) is 50.5 Å². The molecule has 2 aliphatic rings. The highest BCUT2D eigenvalue weighted by Gasteiger charge is 2.24. The van der Waals surface area contributed by atoms with Gasteiger partial charge in [0.2, 0.25) is 11.8 Å². The highest BCUT2D eigenvalue weighted by atomic mass is 16.2. The Hall–Kier alpha value is -1.10. The van der Waals surface area contributed by atoms with E-state index in [4.69, 9.17) is 5.73 Å². The molecule has 1 unspecified atom stereocenters. The van der Waals surface area contributed by atoms with Crippen molar-refractivity contribution in [1.82, 2.24) is 10.6 Å². The lowest BCUT2D eigenvalue weighted by Gasteiger charge is -2.28. The normalized spacial score (nSPS) is 31.6. The van der Waals surface area contributed by atoms with Crippen molar-refractivity contribution < 1.29 is 9.59 Å². The molecular formula is C14H25N3O2. The van der Waals surface area contributed by atoms with E-state index in [1.165, 1.54) is 0 Å². The Morgan fingerprint density at radius 2 is 1.89 bits per heavy atom. The molecule has 1 aliphatic heterocycles. The topological polar surface area (TPSA) is 84.2 Å². The average Bonchev–Trinajstić information content (AvgIpc) is 2.42. The molecule has 1 heterocycles. The van der Waals surface area contributed by atoms with Crippen LogP contribution in [0.5, 0.6) is 0 Å². The zero-order valence-corrected chi connectivity index (χ0v) is 11.5. The van der Waals surface area contributed by atoms with E-state index in [-0.39, 0.29) is 17.9 Å². The van der Waals surface area contributed by atoms with E-state index in [9.17, 15) is 9.59 Å². The molecule has 0 radical (unpaired) electrons. The molecule has 19 heavy (non-hydrogen) atoms. The molecule has 2 fully saturated rings. The number of hydrogen-bond donors (Lipinski definition) is 3. The molecule has 0 aromatic heterocycles. The van der Waals surface area contributed by atoms with Crippen LogP contribution in [0.3, 0.4) is 0 Å². The van der Waals surface area contributed by atoms with Crippen LogP contribution in [0, 0.1) is 11.8 Å². The maximum absolute atomic E-state index is 12.0. The summed E-state index contributed by atoms with van der Waals surface area (Å²) in [6.07, 6.45) is 6.47. The van der Waals surface area contributed by atoms with Crippen LogP contribution in [0.1, 0.15) is 44.9 Å². The van der Waals surface area contributed by atoms with E-state index >= 15 is 0 Å². The summed E-state index contributed by atoms with van der Waals surface area (Å²) < 4.78 is 0. The van der Waals surface area contributed by atoms with Gasteiger partial charge in [0.15, 0.2) is 0 Å². The van der Waals surface area contributed by atoms with E-state index in [0.717, 1.165) is 38.6 Å². The Balaban J connectivity index is 1.66. The van der Waals surface area contributed by atoms with Crippen molar-refractivity contribution in [3.63, 3.8) is 0 Å². The molecule has 5 nitrogen and oxygen atoms in total. The summed E-state index contributed by atoms with van der Waals surface area (Å²) in [5.74, 6) is 1.40. The first-order chi connectivity index (χ1) is 9.17. The van der Waals surface area contributed by atoms with Gasteiger partial charge in [-0.1, -0.05) is 0 Å². The van der Waals surface area contributed by atoms with Crippen LogP contribution in [0.15, 0.2) is 0 Å². The predicted molar refractivity (Wildman–Crippen MR) is 73.3 cm³/mol. The monoisotopic (exact) mass is 267 g/mol. The fraction of sp³-hybridized carbons (Fsp3) is 0.857. The van der Waals surface area contributed by atoms with E-state index in [0.29, 0.717) is 31.2 Å². The third-order valence-electron chi connectivity index (χ3n) is 4.40. The number of carbonyl (C=O) groups is 2. The van der Waals surface area contributed by atoms with Gasteiger partial charge in [-0.3, -0.25) is 9.59 Å². The van der Waals surface area contributed by atoms with Crippen LogP contribution in [-0.2, 0) is 9.59 Å². The second-order valence-electron chi connectivity index (χ2n) is 5.93. The van der Waals surface area contributed by atoms with Gasteiger partial charge in [0, 0.05) is 25.4 Å². The Kier molecular flexibility index (Phi) is 5.19. The van der Waals surface area contributed by atoms with Crippen molar-refractivity contribution in [2.45, 2.75) is 51.0 Å². The summed E-state index contributed by atoms with van der Waals surface area (Å²) in [6.45, 7) is 1.35. The summed E-state index contributed by atoms with van der Waals surface area (Å²) in [5, 5.41) is 5.82. The fourth-order valence-corrected chi connectivity index (χ4v) is 3.08. The van der Waals surface area contributed by atoms with Gasteiger partial charge in [0.25, 0.3) is 0 Å². The summed E-state index contributed by atoms with van der Waals surface area (Å²) in [4.78, 5) is 23.0. The summed E-state index contributed by atoms with van der Waals surface area (Å²) >= 11 is 0. The summed E-state index contributed by atoms with van der Waals surface area (Å²) in [7, 11) is 0. The van der Waals surface area contributed by atoms with Gasteiger partial charge in [-0.15, -0.1) is 0 Å². The number of piperidine rings is 1. The first-order valence-corrected chi connectivity index (χ1v) is 7.43. The zero-order valence-electron chi connectivity index (χ0n) is 11.5. The zero-order chi connectivity index (χ0) is 13.7. The predicted octanol–water partition coefficient (Wildman–Crippen LogP) is 0.536. The van der Waals surface area contributed by atoms with E-state index in [2.05, 4.69) is 10.6 Å². The third-order valence-corrected chi connectivity index (χ3v) is 4.40. The van der Waals surface area contributed by atoms with Crippen molar-refractivity contribution in [2.75, 3.05) is 13.1 Å². The van der Waals surface area contributed by atoms with Gasteiger partial charge in [-0.25, -0.2) is 0 Å². The number of rotatable bonds is 4. The highest BCUT2D eigenvalue weighted by molar-refractivity contribution is 5.79. The smallest absolute Gasteiger partial charge is 0.220 e. The van der Waals surface area contributed by atoms with Crippen LogP contribution in [0.4, 0.5) is 0 Å². The van der Waals surface area contributed by atoms with Crippen molar-refractivity contribution in [1.29, 1.82) is 0 Å². The first kappa shape index (κ1) is 14.3. The van der Waals surface area contributed by atoms with Gasteiger partial charge in [-0.2, -0.15) is 0 Å². The number of nitrogens with one attached hydrogen (secondary N) is 2. The quantitative estimate of drug-likeness (QED) is 0.695. The van der Waals surface area contributed by atoms with Crippen LogP contribution in [-0.4, -0.2) is 30.9 Å². The number of nitrogens with two attached hydrogens (primary N) is 1. The summed E-state index contributed by atoms with van der Waals surface area (Å²) in [6, 6.07) is 0.116. The number of amides is 2. The molecule has 5 heteroatoms. The molecule has 0 bridgehead atoms. The molecule has 1 saturated heterocycles. The van der Waals surface area contributed by atoms with E-state index < -0.39 is 0 Å².